The fourth-order valence-electron chi connectivity index (χ4n) is 3.52. The summed E-state index contributed by atoms with van der Waals surface area (Å²) in [5, 5.41) is 2.12. The molecule has 1 aromatic carbocycles. The van der Waals surface area contributed by atoms with Crippen LogP contribution in [0.15, 0.2) is 60.1 Å². The first-order valence-corrected chi connectivity index (χ1v) is 9.17. The lowest BCUT2D eigenvalue weighted by atomic mass is 10.2. The predicted molar refractivity (Wildman–Crippen MR) is 116 cm³/mol. The van der Waals surface area contributed by atoms with Crippen LogP contribution in [0, 0.1) is 0 Å². The number of benzene rings is 1. The van der Waals surface area contributed by atoms with Gasteiger partial charge in [-0.05, 0) is 35.7 Å². The lowest BCUT2D eigenvalue weighted by Gasteiger charge is -2.37. The van der Waals surface area contributed by atoms with E-state index in [9.17, 15) is 0 Å². The van der Waals surface area contributed by atoms with Gasteiger partial charge < -0.3 is 14.2 Å². The minimum Gasteiger partial charge on any atom is -0.368 e. The van der Waals surface area contributed by atoms with E-state index in [1.165, 1.54) is 16.0 Å². The van der Waals surface area contributed by atoms with Crippen molar-refractivity contribution in [3.63, 3.8) is 0 Å². The summed E-state index contributed by atoms with van der Waals surface area (Å²) in [5.74, 6) is 1.11. The summed E-state index contributed by atoms with van der Waals surface area (Å²) in [6, 6.07) is 17.1. The lowest BCUT2D eigenvalue weighted by molar-refractivity contribution is 0.649. The molecule has 0 atom stereocenters. The van der Waals surface area contributed by atoms with Gasteiger partial charge in [-0.2, -0.15) is 0 Å². The van der Waals surface area contributed by atoms with Gasteiger partial charge in [-0.3, -0.25) is 0 Å². The van der Waals surface area contributed by atoms with Crippen molar-refractivity contribution in [2.45, 2.75) is 0 Å². The van der Waals surface area contributed by atoms with Crippen molar-refractivity contribution in [2.24, 2.45) is 0 Å². The first-order chi connectivity index (χ1) is 11.9. The van der Waals surface area contributed by atoms with Crippen LogP contribution in [0.4, 0.5) is 11.5 Å². The zero-order valence-electron chi connectivity index (χ0n) is 14.1. The second-order valence-corrected chi connectivity index (χ2v) is 7.01. The molecule has 5 rings (SSSR count). The summed E-state index contributed by atoms with van der Waals surface area (Å²) in [6.45, 7) is 4.05. The van der Waals surface area contributed by atoms with E-state index in [4.69, 9.17) is 4.98 Å². The Bertz CT molecular complexity index is 991. The molecule has 4 nitrogen and oxygen atoms in total. The summed E-state index contributed by atoms with van der Waals surface area (Å²) in [7, 11) is 0. The molecule has 3 aromatic heterocycles. The summed E-state index contributed by atoms with van der Waals surface area (Å²) >= 11 is 1.75. The number of nitrogens with zero attached hydrogens (tertiary/aromatic N) is 4. The van der Waals surface area contributed by atoms with E-state index in [1.54, 1.807) is 11.3 Å². The van der Waals surface area contributed by atoms with Crippen LogP contribution in [0.25, 0.3) is 15.9 Å². The number of aromatic nitrogens is 2. The number of para-hydroxylation sites is 1. The summed E-state index contributed by atoms with van der Waals surface area (Å²) in [6.07, 6.45) is 2.14. The quantitative estimate of drug-likeness (QED) is 0.481. The molecule has 7 heteroatoms. The maximum Gasteiger partial charge on any atom is 0.153 e. The first-order valence-electron chi connectivity index (χ1n) is 8.29. The van der Waals surface area contributed by atoms with E-state index in [1.807, 2.05) is 0 Å². The van der Waals surface area contributed by atoms with Gasteiger partial charge >= 0.3 is 0 Å². The molecule has 0 amide bonds. The molecule has 1 aliphatic heterocycles. The summed E-state index contributed by atoms with van der Waals surface area (Å²) in [5.41, 5.74) is 3.61. The Morgan fingerprint density at radius 1 is 0.808 bits per heavy atom. The molecular formula is C19H20Cl2N4S. The molecule has 0 aliphatic carbocycles. The molecule has 0 N–H and O–H groups in total. The average Bonchev–Trinajstić information content (AvgIpc) is 3.30. The lowest BCUT2D eigenvalue weighted by Crippen LogP contribution is -2.47. The van der Waals surface area contributed by atoms with E-state index >= 15 is 0 Å². The van der Waals surface area contributed by atoms with E-state index in [2.05, 4.69) is 74.3 Å². The number of rotatable bonds is 2. The second kappa shape index (κ2) is 7.74. The highest BCUT2D eigenvalue weighted by Gasteiger charge is 2.21. The van der Waals surface area contributed by atoms with Crippen molar-refractivity contribution in [3.8, 4) is 0 Å². The van der Waals surface area contributed by atoms with Crippen LogP contribution in [-0.2, 0) is 0 Å². The molecule has 1 aliphatic rings. The highest BCUT2D eigenvalue weighted by Crippen LogP contribution is 2.29. The molecule has 1 saturated heterocycles. The maximum atomic E-state index is 4.95. The highest BCUT2D eigenvalue weighted by atomic mass is 35.5. The van der Waals surface area contributed by atoms with E-state index in [-0.39, 0.29) is 24.8 Å². The van der Waals surface area contributed by atoms with E-state index in [0.717, 1.165) is 37.5 Å². The number of thiophene rings is 1. The highest BCUT2D eigenvalue weighted by molar-refractivity contribution is 7.16. The molecule has 0 radical (unpaired) electrons. The third-order valence-electron chi connectivity index (χ3n) is 4.75. The van der Waals surface area contributed by atoms with Gasteiger partial charge in [0, 0.05) is 38.1 Å². The van der Waals surface area contributed by atoms with E-state index in [0.29, 0.717) is 0 Å². The number of anilines is 2. The van der Waals surface area contributed by atoms with Crippen LogP contribution < -0.4 is 9.80 Å². The largest absolute Gasteiger partial charge is 0.368 e. The topological polar surface area (TPSA) is 23.8 Å². The van der Waals surface area contributed by atoms with Crippen LogP contribution >= 0.6 is 36.2 Å². The number of halogens is 2. The van der Waals surface area contributed by atoms with Crippen molar-refractivity contribution in [3.05, 3.63) is 60.1 Å². The first kappa shape index (κ1) is 18.8. The molecular weight excluding hydrogens is 387 g/mol. The molecule has 26 heavy (non-hydrogen) atoms. The van der Waals surface area contributed by atoms with Gasteiger partial charge in [-0.15, -0.1) is 36.2 Å². The van der Waals surface area contributed by atoms with Crippen molar-refractivity contribution < 1.29 is 0 Å². The minimum absolute atomic E-state index is 0. The Balaban J connectivity index is 0.000000980. The minimum atomic E-state index is 0. The van der Waals surface area contributed by atoms with Crippen LogP contribution in [0.2, 0.25) is 0 Å². The molecule has 0 spiro atoms. The zero-order valence-corrected chi connectivity index (χ0v) is 16.6. The van der Waals surface area contributed by atoms with Crippen molar-refractivity contribution in [1.82, 2.24) is 9.38 Å². The molecule has 0 unspecified atom stereocenters. The third-order valence-corrected chi connectivity index (χ3v) is 5.65. The summed E-state index contributed by atoms with van der Waals surface area (Å²) < 4.78 is 2.27. The van der Waals surface area contributed by atoms with Crippen LogP contribution in [0.1, 0.15) is 0 Å². The fraction of sp³-hybridized carbons (Fsp3) is 0.211. The van der Waals surface area contributed by atoms with Crippen LogP contribution in [-0.4, -0.2) is 35.6 Å². The Labute approximate surface area is 168 Å². The normalized spacial score (nSPS) is 14.3. The third kappa shape index (κ3) is 3.11. The molecule has 0 bridgehead atoms. The van der Waals surface area contributed by atoms with Crippen molar-refractivity contribution >= 4 is 63.5 Å². The number of hydrogen-bond donors (Lipinski definition) is 0. The van der Waals surface area contributed by atoms with Crippen molar-refractivity contribution in [1.29, 1.82) is 0 Å². The van der Waals surface area contributed by atoms with Gasteiger partial charge in [-0.1, -0.05) is 18.2 Å². The van der Waals surface area contributed by atoms with E-state index < -0.39 is 0 Å². The van der Waals surface area contributed by atoms with Gasteiger partial charge in [0.1, 0.15) is 10.3 Å². The van der Waals surface area contributed by atoms with Gasteiger partial charge in [0.05, 0.1) is 5.52 Å². The van der Waals surface area contributed by atoms with Gasteiger partial charge in [0.25, 0.3) is 0 Å². The summed E-state index contributed by atoms with van der Waals surface area (Å²) in [4.78, 5) is 11.1. The van der Waals surface area contributed by atoms with Crippen molar-refractivity contribution in [2.75, 3.05) is 36.0 Å². The van der Waals surface area contributed by atoms with Crippen LogP contribution in [0.3, 0.4) is 0 Å². The standard InChI is InChI=1S/C19H18N4S.2ClH/c1-2-5-15(6-3-1)21-10-12-22(13-11-21)18-17-7-4-9-23(17)19-16(20-18)8-14-24-19;;/h1-9,14H,10-13H2;2*1H. The Hall–Kier alpha value is -1.95. The molecule has 136 valence electrons. The van der Waals surface area contributed by atoms with Gasteiger partial charge in [0.15, 0.2) is 5.82 Å². The Morgan fingerprint density at radius 3 is 2.31 bits per heavy atom. The molecule has 4 aromatic rings. The number of fused-ring (bicyclic) bond motifs is 3. The zero-order chi connectivity index (χ0) is 15.9. The van der Waals surface area contributed by atoms with Gasteiger partial charge in [0.2, 0.25) is 0 Å². The number of piperazine rings is 1. The predicted octanol–water partition coefficient (Wildman–Crippen LogP) is 4.72. The molecule has 1 fully saturated rings. The average molecular weight is 407 g/mol. The van der Waals surface area contributed by atoms with Crippen LogP contribution in [0.5, 0.6) is 0 Å². The number of hydrogen-bond acceptors (Lipinski definition) is 4. The van der Waals surface area contributed by atoms with Gasteiger partial charge in [-0.25, -0.2) is 4.98 Å². The Morgan fingerprint density at radius 2 is 1.54 bits per heavy atom. The Kier molecular flexibility index (Phi) is 5.61. The second-order valence-electron chi connectivity index (χ2n) is 6.12. The fourth-order valence-corrected chi connectivity index (χ4v) is 4.35. The molecule has 4 heterocycles. The SMILES string of the molecule is Cl.Cl.c1ccc(N2CCN(c3nc4ccsc4n4cccc34)CC2)cc1. The smallest absolute Gasteiger partial charge is 0.153 e. The maximum absolute atomic E-state index is 4.95. The molecule has 0 saturated carbocycles. The monoisotopic (exact) mass is 406 g/mol.